The molecule has 0 saturated carbocycles. The maximum Gasteiger partial charge on any atom is 0.338 e. The van der Waals surface area contributed by atoms with Gasteiger partial charge in [0.1, 0.15) is 5.60 Å². The van der Waals surface area contributed by atoms with Gasteiger partial charge in [-0.3, -0.25) is 4.79 Å². The number of ether oxygens (including phenoxy) is 1. The number of esters is 1. The molecule has 0 radical (unpaired) electrons. The molecule has 0 amide bonds. The first kappa shape index (κ1) is 15.8. The number of anilines is 1. The normalized spacial score (nSPS) is 11.0. The van der Waals surface area contributed by atoms with Crippen molar-refractivity contribution in [2.75, 3.05) is 5.73 Å². The van der Waals surface area contributed by atoms with E-state index in [1.807, 2.05) is 0 Å². The standard InChI is InChI=1S/C18H19NO3/c1-18(2,3)22-17(21)13-10-8-12(9-11-13)16(20)14-6-4-5-7-15(14)19/h4-11H,19H2,1-3H3. The van der Waals surface area contributed by atoms with Crippen molar-refractivity contribution in [3.63, 3.8) is 0 Å². The summed E-state index contributed by atoms with van der Waals surface area (Å²) >= 11 is 0. The number of benzene rings is 2. The smallest absolute Gasteiger partial charge is 0.338 e. The van der Waals surface area contributed by atoms with E-state index >= 15 is 0 Å². The number of para-hydroxylation sites is 1. The van der Waals surface area contributed by atoms with Gasteiger partial charge in [0.05, 0.1) is 5.56 Å². The Morgan fingerprint density at radius 2 is 1.45 bits per heavy atom. The second-order valence-electron chi connectivity index (χ2n) is 6.00. The van der Waals surface area contributed by atoms with Crippen LogP contribution in [0.1, 0.15) is 47.1 Å². The van der Waals surface area contributed by atoms with E-state index in [1.165, 1.54) is 0 Å². The Labute approximate surface area is 129 Å². The number of carbonyl (C=O) groups is 2. The van der Waals surface area contributed by atoms with Crippen molar-refractivity contribution < 1.29 is 14.3 Å². The van der Waals surface area contributed by atoms with E-state index in [9.17, 15) is 9.59 Å². The lowest BCUT2D eigenvalue weighted by Gasteiger charge is -2.19. The zero-order chi connectivity index (χ0) is 16.3. The SMILES string of the molecule is CC(C)(C)OC(=O)c1ccc(C(=O)c2ccccc2N)cc1. The zero-order valence-electron chi connectivity index (χ0n) is 12.9. The van der Waals surface area contributed by atoms with Gasteiger partial charge in [0.2, 0.25) is 0 Å². The maximum atomic E-state index is 12.4. The third kappa shape index (κ3) is 3.73. The molecule has 0 fully saturated rings. The van der Waals surface area contributed by atoms with Gasteiger partial charge in [-0.05, 0) is 45.0 Å². The number of carbonyl (C=O) groups excluding carboxylic acids is 2. The van der Waals surface area contributed by atoms with Crippen molar-refractivity contribution >= 4 is 17.4 Å². The van der Waals surface area contributed by atoms with Crippen LogP contribution in [-0.2, 0) is 4.74 Å². The van der Waals surface area contributed by atoms with E-state index in [4.69, 9.17) is 10.5 Å². The molecule has 0 bridgehead atoms. The molecule has 2 aromatic rings. The monoisotopic (exact) mass is 297 g/mol. The fraction of sp³-hybridized carbons (Fsp3) is 0.222. The van der Waals surface area contributed by atoms with E-state index in [0.717, 1.165) is 0 Å². The number of nitrogens with two attached hydrogens (primary N) is 1. The average molecular weight is 297 g/mol. The zero-order valence-corrected chi connectivity index (χ0v) is 12.9. The average Bonchev–Trinajstić information content (AvgIpc) is 2.45. The summed E-state index contributed by atoms with van der Waals surface area (Å²) in [6.45, 7) is 5.42. The summed E-state index contributed by atoms with van der Waals surface area (Å²) < 4.78 is 5.28. The van der Waals surface area contributed by atoms with E-state index in [-0.39, 0.29) is 5.78 Å². The first-order valence-electron chi connectivity index (χ1n) is 7.00. The molecule has 0 unspecified atom stereocenters. The minimum absolute atomic E-state index is 0.172. The summed E-state index contributed by atoms with van der Waals surface area (Å²) in [4.78, 5) is 24.3. The molecule has 0 aliphatic heterocycles. The molecule has 2 rings (SSSR count). The van der Waals surface area contributed by atoms with Gasteiger partial charge in [0.25, 0.3) is 0 Å². The van der Waals surface area contributed by atoms with E-state index < -0.39 is 11.6 Å². The molecule has 2 aromatic carbocycles. The summed E-state index contributed by atoms with van der Waals surface area (Å²) in [5.74, 6) is -0.584. The second-order valence-corrected chi connectivity index (χ2v) is 6.00. The highest BCUT2D eigenvalue weighted by Crippen LogP contribution is 2.18. The van der Waals surface area contributed by atoms with Crippen LogP contribution >= 0.6 is 0 Å². The molecule has 0 aromatic heterocycles. The molecule has 0 heterocycles. The molecular formula is C18H19NO3. The summed E-state index contributed by atoms with van der Waals surface area (Å²) in [5, 5.41) is 0. The summed E-state index contributed by atoms with van der Waals surface area (Å²) in [5.41, 5.74) is 7.03. The van der Waals surface area contributed by atoms with Crippen molar-refractivity contribution in [1.82, 2.24) is 0 Å². The predicted molar refractivity (Wildman–Crippen MR) is 85.9 cm³/mol. The summed E-state index contributed by atoms with van der Waals surface area (Å²) in [6, 6.07) is 13.3. The van der Waals surface area contributed by atoms with Crippen LogP contribution in [0, 0.1) is 0 Å². The van der Waals surface area contributed by atoms with Crippen molar-refractivity contribution in [2.45, 2.75) is 26.4 Å². The van der Waals surface area contributed by atoms with Crippen LogP contribution in [0.3, 0.4) is 0 Å². The van der Waals surface area contributed by atoms with Gasteiger partial charge in [-0.15, -0.1) is 0 Å². The molecular weight excluding hydrogens is 278 g/mol. The number of hydrogen-bond donors (Lipinski definition) is 1. The van der Waals surface area contributed by atoms with Gasteiger partial charge < -0.3 is 10.5 Å². The number of nitrogen functional groups attached to an aromatic ring is 1. The van der Waals surface area contributed by atoms with Crippen LogP contribution in [0.25, 0.3) is 0 Å². The molecule has 4 nitrogen and oxygen atoms in total. The summed E-state index contributed by atoms with van der Waals surface area (Å²) in [7, 11) is 0. The molecule has 0 saturated heterocycles. The van der Waals surface area contributed by atoms with Gasteiger partial charge in [0, 0.05) is 16.8 Å². The molecule has 22 heavy (non-hydrogen) atoms. The predicted octanol–water partition coefficient (Wildman–Crippen LogP) is 3.46. The van der Waals surface area contributed by atoms with Gasteiger partial charge in [-0.1, -0.05) is 24.3 Å². The first-order valence-corrected chi connectivity index (χ1v) is 7.00. The molecule has 2 N–H and O–H groups in total. The van der Waals surface area contributed by atoms with Crippen molar-refractivity contribution in [2.24, 2.45) is 0 Å². The van der Waals surface area contributed by atoms with Crippen LogP contribution in [-0.4, -0.2) is 17.4 Å². The number of hydrogen-bond acceptors (Lipinski definition) is 4. The Morgan fingerprint density at radius 1 is 0.909 bits per heavy atom. The van der Waals surface area contributed by atoms with E-state index in [0.29, 0.717) is 22.4 Å². The second kappa shape index (κ2) is 6.02. The number of rotatable bonds is 3. The van der Waals surface area contributed by atoms with Crippen molar-refractivity contribution in [3.8, 4) is 0 Å². The summed E-state index contributed by atoms with van der Waals surface area (Å²) in [6.07, 6.45) is 0. The first-order chi connectivity index (χ1) is 10.3. The lowest BCUT2D eigenvalue weighted by Crippen LogP contribution is -2.23. The maximum absolute atomic E-state index is 12.4. The Bertz CT molecular complexity index is 697. The highest BCUT2D eigenvalue weighted by atomic mass is 16.6. The van der Waals surface area contributed by atoms with E-state index in [1.54, 1.807) is 69.3 Å². The van der Waals surface area contributed by atoms with Gasteiger partial charge >= 0.3 is 5.97 Å². The van der Waals surface area contributed by atoms with Gasteiger partial charge in [0.15, 0.2) is 5.78 Å². The number of ketones is 1. The third-order valence-electron chi connectivity index (χ3n) is 2.99. The molecule has 4 heteroatoms. The highest BCUT2D eigenvalue weighted by molar-refractivity contribution is 6.12. The lowest BCUT2D eigenvalue weighted by atomic mass is 10.0. The van der Waals surface area contributed by atoms with Crippen LogP contribution in [0.2, 0.25) is 0 Å². The van der Waals surface area contributed by atoms with Crippen molar-refractivity contribution in [1.29, 1.82) is 0 Å². The van der Waals surface area contributed by atoms with Crippen molar-refractivity contribution in [3.05, 3.63) is 65.2 Å². The fourth-order valence-corrected chi connectivity index (χ4v) is 1.95. The van der Waals surface area contributed by atoms with E-state index in [2.05, 4.69) is 0 Å². The van der Waals surface area contributed by atoms with Gasteiger partial charge in [-0.25, -0.2) is 4.79 Å². The quantitative estimate of drug-likeness (QED) is 0.535. The van der Waals surface area contributed by atoms with Crippen LogP contribution < -0.4 is 5.73 Å². The van der Waals surface area contributed by atoms with Crippen LogP contribution in [0.4, 0.5) is 5.69 Å². The third-order valence-corrected chi connectivity index (χ3v) is 2.99. The molecule has 0 aliphatic carbocycles. The topological polar surface area (TPSA) is 69.4 Å². The molecule has 0 spiro atoms. The Morgan fingerprint density at radius 3 is 2.00 bits per heavy atom. The van der Waals surface area contributed by atoms with Crippen LogP contribution in [0.15, 0.2) is 48.5 Å². The largest absolute Gasteiger partial charge is 0.456 e. The molecule has 0 aliphatic rings. The Hall–Kier alpha value is -2.62. The molecule has 0 atom stereocenters. The lowest BCUT2D eigenvalue weighted by molar-refractivity contribution is 0.00693. The van der Waals surface area contributed by atoms with Gasteiger partial charge in [-0.2, -0.15) is 0 Å². The van der Waals surface area contributed by atoms with Crippen LogP contribution in [0.5, 0.6) is 0 Å². The highest BCUT2D eigenvalue weighted by Gasteiger charge is 2.18. The Kier molecular flexibility index (Phi) is 4.31. The fourth-order valence-electron chi connectivity index (χ4n) is 1.95. The Balaban J connectivity index is 2.21. The minimum atomic E-state index is -0.552. The molecule has 114 valence electrons. The minimum Gasteiger partial charge on any atom is -0.456 e.